The third kappa shape index (κ3) is 4.31. The Labute approximate surface area is 194 Å². The minimum Gasteiger partial charge on any atom is -0.479 e. The molecule has 2 N–H and O–H groups in total. The molecular weight excluding hydrogens is 446 g/mol. The Hall–Kier alpha value is -3.73. The van der Waals surface area contributed by atoms with Crippen molar-refractivity contribution in [2.45, 2.75) is 32.2 Å². The van der Waals surface area contributed by atoms with Gasteiger partial charge in [-0.25, -0.2) is 15.0 Å². The maximum absolute atomic E-state index is 6.33. The average molecular weight is 468 g/mol. The average Bonchev–Trinajstić information content (AvgIpc) is 3.58. The maximum Gasteiger partial charge on any atom is 0.242 e. The Morgan fingerprint density at radius 3 is 2.91 bits per heavy atom. The molecule has 0 aromatic carbocycles. The number of H-pyrrole nitrogens is 1. The van der Waals surface area contributed by atoms with Crippen LogP contribution < -0.4 is 15.0 Å². The lowest BCUT2D eigenvalue weighted by Gasteiger charge is -2.23. The zero-order chi connectivity index (χ0) is 22.8. The molecule has 1 unspecified atom stereocenters. The molecule has 170 valence electrons. The van der Waals surface area contributed by atoms with Gasteiger partial charge in [0.25, 0.3) is 0 Å². The van der Waals surface area contributed by atoms with Crippen LogP contribution in [0.5, 0.6) is 5.88 Å². The van der Waals surface area contributed by atoms with E-state index < -0.39 is 0 Å². The molecule has 11 nitrogen and oxygen atoms in total. The van der Waals surface area contributed by atoms with Crippen molar-refractivity contribution in [2.75, 3.05) is 23.9 Å². The Morgan fingerprint density at radius 2 is 2.09 bits per heavy atom. The number of nitrogens with zero attached hydrogens (tertiary/aromatic N) is 7. The molecule has 1 aliphatic rings. The zero-order valence-corrected chi connectivity index (χ0v) is 18.9. The second-order valence-electron chi connectivity index (χ2n) is 7.51. The first-order valence-electron chi connectivity index (χ1n) is 10.6. The van der Waals surface area contributed by atoms with Crippen molar-refractivity contribution in [3.63, 3.8) is 0 Å². The number of halogens is 1. The standard InChI is InChI=1S/C21H22ClN9O2/c1-3-12-9-18(29-28-12)26-17-11-16(22)25-21(27-17)31-8-4-5-14(31)15-10-13(30-33-15)19-20(32-2)24-7-6-23-19/h6-7,9-11,14H,3-5,8H2,1-2H3,(H2,25,26,27,28,29). The SMILES string of the molecule is CCc1cc(Nc2cc(Cl)nc(N3CCCC3c3cc(-c4nccnc4OC)no3)n2)n[nH]1. The van der Waals surface area contributed by atoms with Gasteiger partial charge in [0.15, 0.2) is 17.3 Å². The van der Waals surface area contributed by atoms with Gasteiger partial charge in [-0.3, -0.25) is 5.10 Å². The van der Waals surface area contributed by atoms with Crippen LogP contribution in [0.2, 0.25) is 5.15 Å². The highest BCUT2D eigenvalue weighted by molar-refractivity contribution is 6.29. The van der Waals surface area contributed by atoms with Gasteiger partial charge >= 0.3 is 0 Å². The fourth-order valence-corrected chi connectivity index (χ4v) is 4.03. The van der Waals surface area contributed by atoms with Crippen molar-refractivity contribution in [1.82, 2.24) is 35.3 Å². The van der Waals surface area contributed by atoms with E-state index in [4.69, 9.17) is 20.9 Å². The van der Waals surface area contributed by atoms with Crippen LogP contribution in [0.4, 0.5) is 17.6 Å². The first-order valence-corrected chi connectivity index (χ1v) is 11.0. The van der Waals surface area contributed by atoms with E-state index in [0.29, 0.717) is 45.8 Å². The van der Waals surface area contributed by atoms with Crippen LogP contribution in [0.3, 0.4) is 0 Å². The molecule has 1 saturated heterocycles. The number of nitrogens with one attached hydrogen (secondary N) is 2. The summed E-state index contributed by atoms with van der Waals surface area (Å²) >= 11 is 6.33. The Bertz CT molecular complexity index is 1260. The largest absolute Gasteiger partial charge is 0.479 e. The van der Waals surface area contributed by atoms with Gasteiger partial charge in [0.05, 0.1) is 13.2 Å². The molecule has 0 amide bonds. The third-order valence-corrected chi connectivity index (χ3v) is 5.61. The summed E-state index contributed by atoms with van der Waals surface area (Å²) in [4.78, 5) is 19.7. The van der Waals surface area contributed by atoms with Crippen LogP contribution in [-0.4, -0.2) is 48.9 Å². The molecule has 0 saturated carbocycles. The van der Waals surface area contributed by atoms with Crippen LogP contribution in [0.25, 0.3) is 11.4 Å². The van der Waals surface area contributed by atoms with Crippen molar-refractivity contribution < 1.29 is 9.26 Å². The summed E-state index contributed by atoms with van der Waals surface area (Å²) in [6.07, 6.45) is 5.83. The maximum atomic E-state index is 6.33. The van der Waals surface area contributed by atoms with Crippen molar-refractivity contribution in [3.8, 4) is 17.3 Å². The lowest BCUT2D eigenvalue weighted by Crippen LogP contribution is -2.24. The summed E-state index contributed by atoms with van der Waals surface area (Å²) in [7, 11) is 1.54. The molecule has 1 fully saturated rings. The molecule has 0 radical (unpaired) electrons. The lowest BCUT2D eigenvalue weighted by molar-refractivity contribution is 0.361. The highest BCUT2D eigenvalue weighted by Gasteiger charge is 2.32. The van der Waals surface area contributed by atoms with E-state index in [1.807, 2.05) is 12.1 Å². The number of hydrogen-bond acceptors (Lipinski definition) is 10. The molecule has 33 heavy (non-hydrogen) atoms. The van der Waals surface area contributed by atoms with Gasteiger partial charge in [0.1, 0.15) is 16.7 Å². The normalized spacial score (nSPS) is 15.7. The van der Waals surface area contributed by atoms with Gasteiger partial charge < -0.3 is 19.5 Å². The molecule has 1 aliphatic heterocycles. The van der Waals surface area contributed by atoms with E-state index in [2.05, 4.69) is 52.4 Å². The summed E-state index contributed by atoms with van der Waals surface area (Å²) in [6.45, 7) is 2.82. The fourth-order valence-electron chi connectivity index (χ4n) is 3.85. The van der Waals surface area contributed by atoms with E-state index in [-0.39, 0.29) is 6.04 Å². The molecule has 5 heterocycles. The highest BCUT2D eigenvalue weighted by Crippen LogP contribution is 2.37. The summed E-state index contributed by atoms with van der Waals surface area (Å²) < 4.78 is 11.0. The van der Waals surface area contributed by atoms with Crippen LogP contribution in [-0.2, 0) is 6.42 Å². The quantitative estimate of drug-likeness (QED) is 0.385. The second-order valence-corrected chi connectivity index (χ2v) is 7.90. The van der Waals surface area contributed by atoms with Gasteiger partial charge in [0.2, 0.25) is 11.8 Å². The Balaban J connectivity index is 1.41. The van der Waals surface area contributed by atoms with Crippen LogP contribution in [0.15, 0.2) is 35.1 Å². The number of aromatic amines is 1. The van der Waals surface area contributed by atoms with Gasteiger partial charge in [-0.2, -0.15) is 10.1 Å². The number of hydrogen-bond donors (Lipinski definition) is 2. The monoisotopic (exact) mass is 467 g/mol. The first kappa shape index (κ1) is 21.1. The van der Waals surface area contributed by atoms with Gasteiger partial charge in [-0.05, 0) is 19.3 Å². The summed E-state index contributed by atoms with van der Waals surface area (Å²) in [5, 5.41) is 14.9. The van der Waals surface area contributed by atoms with E-state index >= 15 is 0 Å². The summed E-state index contributed by atoms with van der Waals surface area (Å²) in [5.74, 6) is 2.82. The predicted molar refractivity (Wildman–Crippen MR) is 122 cm³/mol. The molecule has 4 aromatic heterocycles. The summed E-state index contributed by atoms with van der Waals surface area (Å²) in [5.41, 5.74) is 2.11. The van der Waals surface area contributed by atoms with Crippen LogP contribution >= 0.6 is 11.6 Å². The predicted octanol–water partition coefficient (Wildman–Crippen LogP) is 3.95. The van der Waals surface area contributed by atoms with Crippen molar-refractivity contribution in [3.05, 3.63) is 47.2 Å². The van der Waals surface area contributed by atoms with Crippen LogP contribution in [0, 0.1) is 0 Å². The van der Waals surface area contributed by atoms with E-state index in [1.165, 1.54) is 0 Å². The summed E-state index contributed by atoms with van der Waals surface area (Å²) in [6, 6.07) is 5.38. The lowest BCUT2D eigenvalue weighted by atomic mass is 10.1. The molecule has 0 bridgehead atoms. The van der Waals surface area contributed by atoms with Crippen LogP contribution in [0.1, 0.15) is 37.3 Å². The number of rotatable bonds is 7. The van der Waals surface area contributed by atoms with Crippen molar-refractivity contribution in [2.24, 2.45) is 0 Å². The third-order valence-electron chi connectivity index (χ3n) is 5.42. The molecule has 0 aliphatic carbocycles. The van der Waals surface area contributed by atoms with Crippen molar-refractivity contribution >= 4 is 29.2 Å². The molecule has 4 aromatic rings. The molecule has 5 rings (SSSR count). The minimum absolute atomic E-state index is 0.0858. The Kier molecular flexibility index (Phi) is 5.78. The van der Waals surface area contributed by atoms with E-state index in [0.717, 1.165) is 31.5 Å². The van der Waals surface area contributed by atoms with Gasteiger partial charge in [0, 0.05) is 42.8 Å². The number of anilines is 3. The molecule has 0 spiro atoms. The van der Waals surface area contributed by atoms with Gasteiger partial charge in [-0.15, -0.1) is 0 Å². The smallest absolute Gasteiger partial charge is 0.242 e. The first-order chi connectivity index (χ1) is 16.1. The number of aromatic nitrogens is 7. The minimum atomic E-state index is -0.0858. The molecular formula is C21H22ClN9O2. The topological polar surface area (TPSA) is 131 Å². The van der Waals surface area contributed by atoms with E-state index in [1.54, 1.807) is 25.6 Å². The number of methoxy groups -OCH3 is 1. The fraction of sp³-hybridized carbons (Fsp3) is 0.333. The number of aryl methyl sites for hydroxylation is 1. The molecule has 1 atom stereocenters. The second kappa shape index (κ2) is 9.02. The Morgan fingerprint density at radius 1 is 1.21 bits per heavy atom. The van der Waals surface area contributed by atoms with E-state index in [9.17, 15) is 0 Å². The van der Waals surface area contributed by atoms with Gasteiger partial charge in [-0.1, -0.05) is 23.7 Å². The molecule has 12 heteroatoms. The number of ether oxygens (including phenoxy) is 1. The van der Waals surface area contributed by atoms with Crippen molar-refractivity contribution in [1.29, 1.82) is 0 Å². The highest BCUT2D eigenvalue weighted by atomic mass is 35.5. The zero-order valence-electron chi connectivity index (χ0n) is 18.1.